The molecule has 2 aromatic heterocycles. The average Bonchev–Trinajstić information content (AvgIpc) is 3.95. The molecule has 0 atom stereocenters. The normalized spacial score (nSPS) is 11.7. The van der Waals surface area contributed by atoms with E-state index < -0.39 is 0 Å². The first kappa shape index (κ1) is 39.9. The van der Waals surface area contributed by atoms with E-state index in [9.17, 15) is 0 Å². The number of fused-ring (bicyclic) bond motifs is 8. The second-order valence-electron chi connectivity index (χ2n) is 18.4. The standard InChI is InChI=1S/C68H44N2/c1-3-19-53-45(15-1)17-13-27-57(53)49-35-41-63-61-25-9-11-29-65(61)69(67(63)43-49)51-37-31-47(32-38-51)55-21-5-7-23-59(55)60-24-8-6-22-56(60)48-33-39-52(40-34-48)70-66-30-12-10-26-62(66)64-42-36-50(44-68(64)70)58-28-14-18-46-16-2-4-20-54(46)58/h1-44H. The van der Waals surface area contributed by atoms with Gasteiger partial charge in [0.1, 0.15) is 0 Å². The van der Waals surface area contributed by atoms with Crippen LogP contribution in [0.2, 0.25) is 0 Å². The second kappa shape index (κ2) is 16.2. The van der Waals surface area contributed by atoms with Crippen molar-refractivity contribution in [3.63, 3.8) is 0 Å². The van der Waals surface area contributed by atoms with E-state index in [1.165, 1.54) is 121 Å². The monoisotopic (exact) mass is 888 g/mol. The summed E-state index contributed by atoms with van der Waals surface area (Å²) in [4.78, 5) is 0. The molecule has 2 heterocycles. The minimum atomic E-state index is 1.14. The van der Waals surface area contributed by atoms with Crippen LogP contribution in [-0.4, -0.2) is 9.13 Å². The van der Waals surface area contributed by atoms with Gasteiger partial charge in [-0.1, -0.05) is 218 Å². The molecular formula is C68H44N2. The largest absolute Gasteiger partial charge is 0.309 e. The van der Waals surface area contributed by atoms with E-state index in [0.29, 0.717) is 0 Å². The summed E-state index contributed by atoms with van der Waals surface area (Å²) in [5.74, 6) is 0. The lowest BCUT2D eigenvalue weighted by molar-refractivity contribution is 1.18. The van der Waals surface area contributed by atoms with E-state index in [2.05, 4.69) is 276 Å². The van der Waals surface area contributed by atoms with Crippen molar-refractivity contribution in [1.82, 2.24) is 9.13 Å². The van der Waals surface area contributed by atoms with E-state index in [-0.39, 0.29) is 0 Å². The minimum Gasteiger partial charge on any atom is -0.309 e. The Hall–Kier alpha value is -9.24. The van der Waals surface area contributed by atoms with Gasteiger partial charge in [-0.2, -0.15) is 0 Å². The van der Waals surface area contributed by atoms with Crippen LogP contribution in [0.3, 0.4) is 0 Å². The van der Waals surface area contributed by atoms with Gasteiger partial charge in [-0.05, 0) is 126 Å². The van der Waals surface area contributed by atoms with Gasteiger partial charge >= 0.3 is 0 Å². The Balaban J connectivity index is 0.833. The molecular weight excluding hydrogens is 845 g/mol. The topological polar surface area (TPSA) is 9.86 Å². The Morgan fingerprint density at radius 3 is 0.943 bits per heavy atom. The summed E-state index contributed by atoms with van der Waals surface area (Å²) in [7, 11) is 0. The van der Waals surface area contributed by atoms with Crippen LogP contribution in [0, 0.1) is 0 Å². The zero-order chi connectivity index (χ0) is 46.1. The van der Waals surface area contributed by atoms with Gasteiger partial charge in [-0.3, -0.25) is 0 Å². The van der Waals surface area contributed by atoms with Crippen molar-refractivity contribution in [2.24, 2.45) is 0 Å². The summed E-state index contributed by atoms with van der Waals surface area (Å²) >= 11 is 0. The van der Waals surface area contributed by atoms with Crippen LogP contribution in [0.4, 0.5) is 0 Å². The zero-order valence-corrected chi connectivity index (χ0v) is 38.3. The van der Waals surface area contributed by atoms with Crippen LogP contribution in [0.1, 0.15) is 0 Å². The van der Waals surface area contributed by atoms with E-state index >= 15 is 0 Å². The minimum absolute atomic E-state index is 1.14. The molecule has 70 heavy (non-hydrogen) atoms. The van der Waals surface area contributed by atoms with Crippen molar-refractivity contribution in [3.8, 4) is 67.0 Å². The van der Waals surface area contributed by atoms with Gasteiger partial charge < -0.3 is 9.13 Å². The van der Waals surface area contributed by atoms with Crippen molar-refractivity contribution < 1.29 is 0 Å². The molecule has 0 N–H and O–H groups in total. The van der Waals surface area contributed by atoms with Crippen molar-refractivity contribution in [2.75, 3.05) is 0 Å². The Bertz CT molecular complexity index is 4050. The molecule has 326 valence electrons. The molecule has 14 rings (SSSR count). The molecule has 0 amide bonds. The molecule has 0 aliphatic rings. The highest BCUT2D eigenvalue weighted by molar-refractivity contribution is 6.12. The number of rotatable bonds is 7. The summed E-state index contributed by atoms with van der Waals surface area (Å²) < 4.78 is 4.86. The van der Waals surface area contributed by atoms with Crippen molar-refractivity contribution in [3.05, 3.63) is 267 Å². The molecule has 2 heteroatoms. The van der Waals surface area contributed by atoms with Crippen molar-refractivity contribution in [1.29, 1.82) is 0 Å². The molecule has 12 aromatic carbocycles. The van der Waals surface area contributed by atoms with Crippen LogP contribution < -0.4 is 0 Å². The van der Waals surface area contributed by atoms with Crippen LogP contribution in [-0.2, 0) is 0 Å². The summed E-state index contributed by atoms with van der Waals surface area (Å²) in [6.45, 7) is 0. The molecule has 14 aromatic rings. The predicted molar refractivity (Wildman–Crippen MR) is 297 cm³/mol. The average molecular weight is 889 g/mol. The Kier molecular flexibility index (Phi) is 9.25. The van der Waals surface area contributed by atoms with Gasteiger partial charge in [0.25, 0.3) is 0 Å². The Labute approximate surface area is 406 Å². The quantitative estimate of drug-likeness (QED) is 0.151. The summed E-state index contributed by atoms with van der Waals surface area (Å²) in [6.07, 6.45) is 0. The van der Waals surface area contributed by atoms with Crippen LogP contribution in [0.25, 0.3) is 132 Å². The first-order valence-corrected chi connectivity index (χ1v) is 24.2. The molecule has 0 radical (unpaired) electrons. The van der Waals surface area contributed by atoms with E-state index in [4.69, 9.17) is 0 Å². The summed E-state index contributed by atoms with van der Waals surface area (Å²) in [5.41, 5.74) is 19.1. The highest BCUT2D eigenvalue weighted by Crippen LogP contribution is 2.42. The van der Waals surface area contributed by atoms with Gasteiger partial charge in [-0.25, -0.2) is 0 Å². The maximum atomic E-state index is 2.43. The molecule has 0 saturated heterocycles. The first-order valence-electron chi connectivity index (χ1n) is 24.2. The first-order chi connectivity index (χ1) is 34.7. The molecule has 0 fully saturated rings. The number of para-hydroxylation sites is 2. The molecule has 0 bridgehead atoms. The lowest BCUT2D eigenvalue weighted by Crippen LogP contribution is -1.95. The third-order valence-electron chi connectivity index (χ3n) is 14.6. The Morgan fingerprint density at radius 2 is 0.500 bits per heavy atom. The lowest BCUT2D eigenvalue weighted by atomic mass is 9.89. The van der Waals surface area contributed by atoms with Crippen molar-refractivity contribution in [2.45, 2.75) is 0 Å². The van der Waals surface area contributed by atoms with Gasteiger partial charge in [0, 0.05) is 32.9 Å². The maximum Gasteiger partial charge on any atom is 0.0547 e. The van der Waals surface area contributed by atoms with Crippen LogP contribution in [0.15, 0.2) is 267 Å². The molecule has 2 nitrogen and oxygen atoms in total. The molecule has 0 aliphatic heterocycles. The highest BCUT2D eigenvalue weighted by atomic mass is 15.0. The van der Waals surface area contributed by atoms with Gasteiger partial charge in [-0.15, -0.1) is 0 Å². The number of nitrogens with zero attached hydrogens (tertiary/aromatic N) is 2. The smallest absolute Gasteiger partial charge is 0.0547 e. The number of benzene rings is 12. The molecule has 0 unspecified atom stereocenters. The SMILES string of the molecule is c1ccc(-c2ccccc2-c2ccc(-n3c4ccccc4c4ccc(-c5cccc6ccccc56)cc43)cc2)c(-c2ccc(-n3c4ccccc4c4ccc(-c5cccc6ccccc56)cc43)cc2)c1. The summed E-state index contributed by atoms with van der Waals surface area (Å²) in [5, 5.41) is 10.0. The fourth-order valence-corrected chi connectivity index (χ4v) is 11.3. The van der Waals surface area contributed by atoms with E-state index in [1.54, 1.807) is 0 Å². The van der Waals surface area contributed by atoms with Gasteiger partial charge in [0.2, 0.25) is 0 Å². The van der Waals surface area contributed by atoms with Crippen LogP contribution >= 0.6 is 0 Å². The van der Waals surface area contributed by atoms with E-state index in [1.807, 2.05) is 0 Å². The molecule has 0 aliphatic carbocycles. The van der Waals surface area contributed by atoms with Gasteiger partial charge in [0.05, 0.1) is 22.1 Å². The number of aromatic nitrogens is 2. The predicted octanol–water partition coefficient (Wildman–Crippen LogP) is 18.5. The maximum absolute atomic E-state index is 2.43. The highest BCUT2D eigenvalue weighted by Gasteiger charge is 2.18. The molecule has 0 saturated carbocycles. The lowest BCUT2D eigenvalue weighted by Gasteiger charge is -2.16. The van der Waals surface area contributed by atoms with Gasteiger partial charge in [0.15, 0.2) is 0 Å². The van der Waals surface area contributed by atoms with Crippen LogP contribution in [0.5, 0.6) is 0 Å². The summed E-state index contributed by atoms with van der Waals surface area (Å²) in [6, 6.07) is 98.0. The third kappa shape index (κ3) is 6.42. The third-order valence-corrected chi connectivity index (χ3v) is 14.6. The fourth-order valence-electron chi connectivity index (χ4n) is 11.3. The number of hydrogen-bond donors (Lipinski definition) is 0. The fraction of sp³-hybridized carbons (Fsp3) is 0. The van der Waals surface area contributed by atoms with Crippen molar-refractivity contribution >= 4 is 65.2 Å². The Morgan fingerprint density at radius 1 is 0.186 bits per heavy atom. The van der Waals surface area contributed by atoms with E-state index in [0.717, 1.165) is 11.4 Å². The molecule has 0 spiro atoms. The second-order valence-corrected chi connectivity index (χ2v) is 18.4. The number of hydrogen-bond acceptors (Lipinski definition) is 0. The zero-order valence-electron chi connectivity index (χ0n) is 38.3.